The van der Waals surface area contributed by atoms with Crippen LogP contribution in [0.5, 0.6) is 5.75 Å². The van der Waals surface area contributed by atoms with E-state index in [1.807, 2.05) is 13.1 Å². The first kappa shape index (κ1) is 14.1. The van der Waals surface area contributed by atoms with E-state index < -0.39 is 0 Å². The van der Waals surface area contributed by atoms with Gasteiger partial charge >= 0.3 is 0 Å². The number of Topliss-reactive ketones (excluding diaryl/α,β-unsaturated/α-hetero) is 1. The fourth-order valence-corrected chi connectivity index (χ4v) is 3.12. The van der Waals surface area contributed by atoms with Crippen LogP contribution in [0.4, 0.5) is 0 Å². The van der Waals surface area contributed by atoms with Gasteiger partial charge in [0.2, 0.25) is 0 Å². The Hall–Kier alpha value is -1.35. The maximum Gasteiger partial charge on any atom is 0.132 e. The van der Waals surface area contributed by atoms with Gasteiger partial charge in [-0.1, -0.05) is 12.1 Å². The van der Waals surface area contributed by atoms with Crippen LogP contribution < -0.4 is 10.1 Å². The Balaban J connectivity index is 2.33. The second-order valence-corrected chi connectivity index (χ2v) is 5.53. The lowest BCUT2D eigenvalue weighted by Crippen LogP contribution is -2.40. The molecule has 0 bridgehead atoms. The summed E-state index contributed by atoms with van der Waals surface area (Å²) in [5, 5.41) is 3.30. The number of benzene rings is 1. The molecule has 1 aliphatic rings. The first-order valence-corrected chi connectivity index (χ1v) is 6.93. The van der Waals surface area contributed by atoms with Crippen LogP contribution in [-0.4, -0.2) is 26.5 Å². The molecule has 1 fully saturated rings. The van der Waals surface area contributed by atoms with Gasteiger partial charge in [0, 0.05) is 24.8 Å². The quantitative estimate of drug-likeness (QED) is 0.905. The molecule has 3 nitrogen and oxygen atoms in total. The molecule has 0 saturated heterocycles. The maximum atomic E-state index is 11.5. The molecule has 0 aliphatic heterocycles. The minimum atomic E-state index is 0.0969. The zero-order valence-corrected chi connectivity index (χ0v) is 12.1. The molecule has 104 valence electrons. The number of methoxy groups -OCH3 is 1. The van der Waals surface area contributed by atoms with Gasteiger partial charge in [-0.25, -0.2) is 0 Å². The van der Waals surface area contributed by atoms with Crippen molar-refractivity contribution in [3.05, 3.63) is 29.3 Å². The number of carbonyl (C=O) groups excluding carboxylic acids is 1. The number of likely N-dealkylation sites (N-methyl/N-ethyl adjacent to an activating group) is 1. The van der Waals surface area contributed by atoms with Crippen LogP contribution in [0.1, 0.15) is 36.8 Å². The van der Waals surface area contributed by atoms with Crippen molar-refractivity contribution < 1.29 is 9.53 Å². The van der Waals surface area contributed by atoms with Gasteiger partial charge in [0.15, 0.2) is 0 Å². The minimum Gasteiger partial charge on any atom is -0.496 e. The highest BCUT2D eigenvalue weighted by molar-refractivity contribution is 5.79. The Labute approximate surface area is 115 Å². The first-order valence-electron chi connectivity index (χ1n) is 6.93. The normalized spacial score (nSPS) is 18.4. The van der Waals surface area contributed by atoms with Crippen LogP contribution in [-0.2, 0) is 10.2 Å². The van der Waals surface area contributed by atoms with E-state index in [2.05, 4.69) is 24.4 Å². The Morgan fingerprint density at radius 3 is 2.53 bits per heavy atom. The highest BCUT2D eigenvalue weighted by atomic mass is 16.5. The molecular weight excluding hydrogens is 238 g/mol. The van der Waals surface area contributed by atoms with Crippen molar-refractivity contribution in [1.29, 1.82) is 0 Å². The van der Waals surface area contributed by atoms with E-state index in [0.29, 0.717) is 18.6 Å². The van der Waals surface area contributed by atoms with Crippen molar-refractivity contribution in [2.75, 3.05) is 20.7 Å². The summed E-state index contributed by atoms with van der Waals surface area (Å²) in [6.07, 6.45) is 3.29. The van der Waals surface area contributed by atoms with Crippen LogP contribution in [0.3, 0.4) is 0 Å². The molecule has 3 heteroatoms. The number of nitrogens with one attached hydrogen (secondary N) is 1. The number of rotatable bonds is 4. The molecule has 0 spiro atoms. The van der Waals surface area contributed by atoms with Gasteiger partial charge in [0.25, 0.3) is 0 Å². The molecule has 1 N–H and O–H groups in total. The highest BCUT2D eigenvalue weighted by Gasteiger charge is 2.35. The van der Waals surface area contributed by atoms with Crippen molar-refractivity contribution in [3.63, 3.8) is 0 Å². The molecule has 0 unspecified atom stereocenters. The standard InChI is InChI=1S/C16H23NO2/c1-12-10-13(4-5-15(12)19-3)16(11-17-2)8-6-14(18)7-9-16/h4-5,10,17H,6-9,11H2,1-3H3. The fraction of sp³-hybridized carbons (Fsp3) is 0.562. The molecule has 19 heavy (non-hydrogen) atoms. The van der Waals surface area contributed by atoms with Gasteiger partial charge in [0.05, 0.1) is 7.11 Å². The smallest absolute Gasteiger partial charge is 0.132 e. The molecule has 0 radical (unpaired) electrons. The van der Waals surface area contributed by atoms with Crippen LogP contribution in [0, 0.1) is 6.92 Å². The topological polar surface area (TPSA) is 38.3 Å². The molecule has 2 rings (SSSR count). The van der Waals surface area contributed by atoms with Crippen molar-refractivity contribution in [1.82, 2.24) is 5.32 Å². The highest BCUT2D eigenvalue weighted by Crippen LogP contribution is 2.39. The Morgan fingerprint density at radius 1 is 1.32 bits per heavy atom. The summed E-state index contributed by atoms with van der Waals surface area (Å²) < 4.78 is 5.33. The van der Waals surface area contributed by atoms with Gasteiger partial charge in [-0.3, -0.25) is 4.79 Å². The number of ether oxygens (including phenoxy) is 1. The lowest BCUT2D eigenvalue weighted by molar-refractivity contribution is -0.121. The number of aryl methyl sites for hydroxylation is 1. The van der Waals surface area contributed by atoms with E-state index in [1.54, 1.807) is 7.11 Å². The zero-order chi connectivity index (χ0) is 13.9. The average Bonchev–Trinajstić information content (AvgIpc) is 2.42. The van der Waals surface area contributed by atoms with Crippen LogP contribution >= 0.6 is 0 Å². The first-order chi connectivity index (χ1) is 9.11. The van der Waals surface area contributed by atoms with Gasteiger partial charge < -0.3 is 10.1 Å². The third kappa shape index (κ3) is 2.81. The molecule has 0 heterocycles. The van der Waals surface area contributed by atoms with Crippen LogP contribution in [0.15, 0.2) is 18.2 Å². The summed E-state index contributed by atoms with van der Waals surface area (Å²) in [7, 11) is 3.68. The van der Waals surface area contributed by atoms with Gasteiger partial charge in [-0.05, 0) is 44.0 Å². The minimum absolute atomic E-state index is 0.0969. The molecule has 1 aromatic rings. The van der Waals surface area contributed by atoms with Crippen LogP contribution in [0.25, 0.3) is 0 Å². The third-order valence-electron chi connectivity index (χ3n) is 4.29. The Morgan fingerprint density at radius 2 is 2.00 bits per heavy atom. The monoisotopic (exact) mass is 261 g/mol. The second-order valence-electron chi connectivity index (χ2n) is 5.53. The molecular formula is C16H23NO2. The van der Waals surface area contributed by atoms with E-state index in [1.165, 1.54) is 5.56 Å². The lowest BCUT2D eigenvalue weighted by Gasteiger charge is -2.37. The molecule has 0 aromatic heterocycles. The zero-order valence-electron chi connectivity index (χ0n) is 12.1. The van der Waals surface area contributed by atoms with E-state index in [-0.39, 0.29) is 5.41 Å². The fourth-order valence-electron chi connectivity index (χ4n) is 3.12. The summed E-state index contributed by atoms with van der Waals surface area (Å²) in [5.41, 5.74) is 2.58. The van der Waals surface area contributed by atoms with Crippen molar-refractivity contribution in [2.24, 2.45) is 0 Å². The molecule has 0 amide bonds. The van der Waals surface area contributed by atoms with Crippen LogP contribution in [0.2, 0.25) is 0 Å². The third-order valence-corrected chi connectivity index (χ3v) is 4.29. The predicted octanol–water partition coefficient (Wildman–Crippen LogP) is 2.60. The van der Waals surface area contributed by atoms with Gasteiger partial charge in [-0.15, -0.1) is 0 Å². The molecule has 1 saturated carbocycles. The molecule has 0 atom stereocenters. The van der Waals surface area contributed by atoms with E-state index in [0.717, 1.165) is 30.7 Å². The summed E-state index contributed by atoms with van der Waals surface area (Å²) in [6, 6.07) is 6.41. The van der Waals surface area contributed by atoms with Crippen molar-refractivity contribution in [2.45, 2.75) is 38.0 Å². The van der Waals surface area contributed by atoms with Crippen molar-refractivity contribution in [3.8, 4) is 5.75 Å². The number of hydrogen-bond acceptors (Lipinski definition) is 3. The Bertz CT molecular complexity index is 458. The second kappa shape index (κ2) is 5.74. The van der Waals surface area contributed by atoms with Gasteiger partial charge in [-0.2, -0.15) is 0 Å². The number of carbonyl (C=O) groups is 1. The number of ketones is 1. The molecule has 1 aromatic carbocycles. The largest absolute Gasteiger partial charge is 0.496 e. The summed E-state index contributed by atoms with van der Waals surface area (Å²) >= 11 is 0. The van der Waals surface area contributed by atoms with Crippen molar-refractivity contribution >= 4 is 5.78 Å². The Kier molecular flexibility index (Phi) is 4.25. The summed E-state index contributed by atoms with van der Waals surface area (Å²) in [4.78, 5) is 11.5. The molecule has 1 aliphatic carbocycles. The SMILES string of the molecule is CNCC1(c2ccc(OC)c(C)c2)CCC(=O)CC1. The van der Waals surface area contributed by atoms with E-state index >= 15 is 0 Å². The predicted molar refractivity (Wildman–Crippen MR) is 76.8 cm³/mol. The lowest BCUT2D eigenvalue weighted by atomic mass is 9.69. The average molecular weight is 261 g/mol. The van der Waals surface area contributed by atoms with E-state index in [9.17, 15) is 4.79 Å². The van der Waals surface area contributed by atoms with E-state index in [4.69, 9.17) is 4.74 Å². The summed E-state index contributed by atoms with van der Waals surface area (Å²) in [6.45, 7) is 3.00. The number of hydrogen-bond donors (Lipinski definition) is 1. The maximum absolute atomic E-state index is 11.5. The van der Waals surface area contributed by atoms with Gasteiger partial charge in [0.1, 0.15) is 11.5 Å². The summed E-state index contributed by atoms with van der Waals surface area (Å²) in [5.74, 6) is 1.33.